The second-order valence-corrected chi connectivity index (χ2v) is 11.0. The summed E-state index contributed by atoms with van der Waals surface area (Å²) in [5.41, 5.74) is 3.40. The summed E-state index contributed by atoms with van der Waals surface area (Å²) in [7, 11) is 0. The zero-order chi connectivity index (χ0) is 28.0. The first-order valence-corrected chi connectivity index (χ1v) is 13.7. The number of carbonyl (C=O) groups excluding carboxylic acids is 4. The highest BCUT2D eigenvalue weighted by Gasteiger charge is 2.44. The predicted octanol–water partition coefficient (Wildman–Crippen LogP) is 0.973. The Kier molecular flexibility index (Phi) is 6.75. The quantitative estimate of drug-likeness (QED) is 0.489. The maximum absolute atomic E-state index is 13.2. The number of benzene rings is 2. The number of carbonyl (C=O) groups is 5. The van der Waals surface area contributed by atoms with E-state index in [1.165, 1.54) is 0 Å². The van der Waals surface area contributed by atoms with Crippen LogP contribution in [0.25, 0.3) is 0 Å². The Hall–Kier alpha value is -4.25. The number of rotatable bonds is 7. The summed E-state index contributed by atoms with van der Waals surface area (Å²) >= 11 is 0. The number of carboxylic acids is 1. The van der Waals surface area contributed by atoms with Gasteiger partial charge in [-0.3, -0.25) is 39.1 Å². The Morgan fingerprint density at radius 1 is 0.850 bits per heavy atom. The van der Waals surface area contributed by atoms with E-state index in [-0.39, 0.29) is 19.3 Å². The van der Waals surface area contributed by atoms with E-state index in [1.807, 2.05) is 30.3 Å². The number of aliphatic carboxylic acids is 1. The van der Waals surface area contributed by atoms with Crippen molar-refractivity contribution in [1.29, 1.82) is 0 Å². The minimum atomic E-state index is -0.962. The van der Waals surface area contributed by atoms with E-state index in [1.54, 1.807) is 12.1 Å². The third-order valence-electron chi connectivity index (χ3n) is 8.29. The fraction of sp³-hybridized carbons (Fsp3) is 0.414. The molecule has 0 spiro atoms. The van der Waals surface area contributed by atoms with E-state index in [2.05, 4.69) is 20.0 Å². The van der Waals surface area contributed by atoms with Crippen LogP contribution in [-0.2, 0) is 20.8 Å². The van der Waals surface area contributed by atoms with Crippen molar-refractivity contribution in [2.24, 2.45) is 5.92 Å². The van der Waals surface area contributed by atoms with Gasteiger partial charge in [0.25, 0.3) is 11.8 Å². The topological polar surface area (TPSA) is 131 Å². The monoisotopic (exact) mass is 545 g/mol. The Morgan fingerprint density at radius 3 is 2.20 bits per heavy atom. The van der Waals surface area contributed by atoms with Gasteiger partial charge in [-0.25, -0.2) is 0 Å². The first kappa shape index (κ1) is 26.0. The minimum absolute atomic E-state index is 0.0373. The van der Waals surface area contributed by atoms with Crippen LogP contribution in [0.2, 0.25) is 0 Å². The van der Waals surface area contributed by atoms with E-state index in [0.717, 1.165) is 67.7 Å². The van der Waals surface area contributed by atoms with Crippen LogP contribution >= 0.6 is 0 Å². The molecule has 0 bridgehead atoms. The summed E-state index contributed by atoms with van der Waals surface area (Å²) in [6, 6.07) is 12.1. The molecule has 11 nitrogen and oxygen atoms in total. The third kappa shape index (κ3) is 4.92. The van der Waals surface area contributed by atoms with Gasteiger partial charge in [0.05, 0.1) is 17.5 Å². The zero-order valence-corrected chi connectivity index (χ0v) is 22.0. The summed E-state index contributed by atoms with van der Waals surface area (Å²) in [5, 5.41) is 11.2. The molecule has 6 rings (SSSR count). The molecule has 1 unspecified atom stereocenters. The van der Waals surface area contributed by atoms with Gasteiger partial charge in [0.15, 0.2) is 0 Å². The molecule has 0 aromatic heterocycles. The van der Waals surface area contributed by atoms with E-state index in [4.69, 9.17) is 5.11 Å². The number of amides is 4. The van der Waals surface area contributed by atoms with Crippen LogP contribution in [0.1, 0.15) is 39.1 Å². The number of fused-ring (bicyclic) bond motifs is 1. The van der Waals surface area contributed by atoms with Gasteiger partial charge in [0.1, 0.15) is 6.04 Å². The molecule has 4 heterocycles. The van der Waals surface area contributed by atoms with Gasteiger partial charge in [-0.05, 0) is 42.3 Å². The van der Waals surface area contributed by atoms with Gasteiger partial charge in [0, 0.05) is 69.5 Å². The molecule has 11 heteroatoms. The molecule has 0 aliphatic carbocycles. The minimum Gasteiger partial charge on any atom is -0.481 e. The molecule has 1 atom stereocenters. The molecule has 4 amide bonds. The number of hydrogen-bond donors (Lipinski definition) is 2. The SMILES string of the molecule is O=C(O)Cc1ccc(N2CC(CN3CCN(c4ccc5c(c4)C(=O)N(C4CCC(=O)NC4=O)C5=O)CC3)C2)cc1. The Balaban J connectivity index is 1.01. The van der Waals surface area contributed by atoms with Gasteiger partial charge in [-0.1, -0.05) is 12.1 Å². The molecule has 2 aromatic rings. The maximum atomic E-state index is 13.2. The lowest BCUT2D eigenvalue weighted by Gasteiger charge is -2.45. The number of nitrogens with one attached hydrogen (secondary N) is 1. The van der Waals surface area contributed by atoms with E-state index in [0.29, 0.717) is 17.0 Å². The van der Waals surface area contributed by atoms with Crippen LogP contribution in [0.3, 0.4) is 0 Å². The van der Waals surface area contributed by atoms with Gasteiger partial charge < -0.3 is 14.9 Å². The van der Waals surface area contributed by atoms with Crippen LogP contribution in [0.5, 0.6) is 0 Å². The zero-order valence-electron chi connectivity index (χ0n) is 22.0. The van der Waals surface area contributed by atoms with Gasteiger partial charge >= 0.3 is 5.97 Å². The summed E-state index contributed by atoms with van der Waals surface area (Å²) in [6.07, 6.45) is 0.276. The second-order valence-electron chi connectivity index (χ2n) is 11.0. The largest absolute Gasteiger partial charge is 0.481 e. The van der Waals surface area contributed by atoms with Gasteiger partial charge in [-0.15, -0.1) is 0 Å². The first-order valence-electron chi connectivity index (χ1n) is 13.7. The lowest BCUT2D eigenvalue weighted by atomic mass is 9.97. The standard InChI is InChI=1S/C29H31N5O6/c35-25-8-7-24(27(38)30-25)34-28(39)22-6-5-21(14-23(22)29(34)40)32-11-9-31(10-12-32)15-19-16-33(17-19)20-3-1-18(2-4-20)13-26(36)37/h1-6,14,19,24H,7-13,15-17H2,(H,36,37)(H,30,35,38). The number of nitrogens with zero attached hydrogens (tertiary/aromatic N) is 4. The molecule has 2 aromatic carbocycles. The average molecular weight is 546 g/mol. The van der Waals surface area contributed by atoms with Crippen molar-refractivity contribution in [3.8, 4) is 0 Å². The molecular weight excluding hydrogens is 514 g/mol. The van der Waals surface area contributed by atoms with Crippen LogP contribution < -0.4 is 15.1 Å². The number of hydrogen-bond acceptors (Lipinski definition) is 8. The molecule has 2 N–H and O–H groups in total. The van der Waals surface area contributed by atoms with Crippen molar-refractivity contribution in [3.63, 3.8) is 0 Å². The van der Waals surface area contributed by atoms with Crippen LogP contribution in [0, 0.1) is 5.92 Å². The van der Waals surface area contributed by atoms with E-state index < -0.39 is 35.6 Å². The molecule has 4 aliphatic rings. The van der Waals surface area contributed by atoms with Crippen molar-refractivity contribution in [2.75, 3.05) is 55.6 Å². The Morgan fingerprint density at radius 2 is 1.52 bits per heavy atom. The van der Waals surface area contributed by atoms with E-state index >= 15 is 0 Å². The fourth-order valence-electron chi connectivity index (χ4n) is 6.10. The Labute approximate surface area is 231 Å². The van der Waals surface area contributed by atoms with Crippen molar-refractivity contribution < 1.29 is 29.1 Å². The Bertz CT molecular complexity index is 1380. The van der Waals surface area contributed by atoms with Crippen molar-refractivity contribution in [3.05, 3.63) is 59.2 Å². The van der Waals surface area contributed by atoms with Crippen LogP contribution in [0.15, 0.2) is 42.5 Å². The normalized spacial score (nSPS) is 21.9. The van der Waals surface area contributed by atoms with Crippen molar-refractivity contribution >= 4 is 41.0 Å². The summed E-state index contributed by atoms with van der Waals surface area (Å²) in [4.78, 5) is 68.8. The molecule has 4 aliphatic heterocycles. The summed E-state index contributed by atoms with van der Waals surface area (Å²) < 4.78 is 0. The summed E-state index contributed by atoms with van der Waals surface area (Å²) in [5.74, 6) is -2.22. The third-order valence-corrected chi connectivity index (χ3v) is 8.29. The van der Waals surface area contributed by atoms with Crippen LogP contribution in [0.4, 0.5) is 11.4 Å². The highest BCUT2D eigenvalue weighted by Crippen LogP contribution is 2.31. The molecule has 3 fully saturated rings. The number of carboxylic acid groups (broad SMARTS) is 1. The molecular formula is C29H31N5O6. The highest BCUT2D eigenvalue weighted by molar-refractivity contribution is 6.23. The van der Waals surface area contributed by atoms with Crippen LogP contribution in [-0.4, -0.2) is 96.4 Å². The van der Waals surface area contributed by atoms with Crippen molar-refractivity contribution in [2.45, 2.75) is 25.3 Å². The molecule has 208 valence electrons. The average Bonchev–Trinajstić information content (AvgIpc) is 3.16. The number of imide groups is 2. The highest BCUT2D eigenvalue weighted by atomic mass is 16.4. The number of anilines is 2. The lowest BCUT2D eigenvalue weighted by molar-refractivity contribution is -0.137. The molecule has 0 saturated carbocycles. The molecule has 3 saturated heterocycles. The number of piperidine rings is 1. The van der Waals surface area contributed by atoms with E-state index in [9.17, 15) is 24.0 Å². The van der Waals surface area contributed by atoms with Gasteiger partial charge in [0.2, 0.25) is 11.8 Å². The molecule has 0 radical (unpaired) electrons. The lowest BCUT2D eigenvalue weighted by Crippen LogP contribution is -2.55. The smallest absolute Gasteiger partial charge is 0.307 e. The maximum Gasteiger partial charge on any atom is 0.307 e. The van der Waals surface area contributed by atoms with Crippen molar-refractivity contribution in [1.82, 2.24) is 15.1 Å². The number of piperazine rings is 1. The summed E-state index contributed by atoms with van der Waals surface area (Å²) in [6.45, 7) is 6.36. The first-order chi connectivity index (χ1) is 19.3. The van der Waals surface area contributed by atoms with Gasteiger partial charge in [-0.2, -0.15) is 0 Å². The second kappa shape index (κ2) is 10.4. The fourth-order valence-corrected chi connectivity index (χ4v) is 6.10. The molecule has 40 heavy (non-hydrogen) atoms. The predicted molar refractivity (Wildman–Crippen MR) is 145 cm³/mol.